The van der Waals surface area contributed by atoms with Crippen LogP contribution in [0.5, 0.6) is 0 Å². The van der Waals surface area contributed by atoms with Crippen molar-refractivity contribution in [2.75, 3.05) is 0 Å². The van der Waals surface area contributed by atoms with Crippen LogP contribution in [0, 0.1) is 14.9 Å². The van der Waals surface area contributed by atoms with E-state index >= 15 is 0 Å². The smallest absolute Gasteiger partial charge is 0.115 e. The topological polar surface area (TPSA) is 49.6 Å². The molecule has 1 rings (SSSR count). The summed E-state index contributed by atoms with van der Waals surface area (Å²) in [5.41, 5.74) is 0.340. The molecule has 1 atom stereocenters. The van der Waals surface area contributed by atoms with Crippen molar-refractivity contribution in [3.63, 3.8) is 0 Å². The van der Waals surface area contributed by atoms with Crippen molar-refractivity contribution in [3.05, 3.63) is 21.8 Å². The van der Waals surface area contributed by atoms with Crippen LogP contribution < -0.4 is 0 Å². The Bertz CT molecular complexity index is 345. The molecule has 3 nitrogen and oxygen atoms in total. The van der Waals surface area contributed by atoms with E-state index in [9.17, 15) is 0 Å². The molecule has 0 saturated heterocycles. The summed E-state index contributed by atoms with van der Waals surface area (Å²) in [7, 11) is 0. The van der Waals surface area contributed by atoms with Crippen LogP contribution in [0.4, 0.5) is 0 Å². The minimum atomic E-state index is -0.487. The predicted octanol–water partition coefficient (Wildman–Crippen LogP) is 2.27. The van der Waals surface area contributed by atoms with Crippen molar-refractivity contribution in [2.24, 2.45) is 0 Å². The van der Waals surface area contributed by atoms with Gasteiger partial charge in [-0.15, -0.1) is 0 Å². The van der Waals surface area contributed by atoms with Crippen LogP contribution in [0.2, 0.25) is 0 Å². The molecular formula is C9H10IN3. The average molecular weight is 287 g/mol. The van der Waals surface area contributed by atoms with E-state index in [1.807, 2.05) is 13.8 Å². The van der Waals surface area contributed by atoms with Gasteiger partial charge >= 0.3 is 0 Å². The Morgan fingerprint density at radius 3 is 2.85 bits per heavy atom. The van der Waals surface area contributed by atoms with Gasteiger partial charge < -0.3 is 0 Å². The lowest BCUT2D eigenvalue weighted by Gasteiger charge is -2.19. The van der Waals surface area contributed by atoms with Crippen molar-refractivity contribution in [2.45, 2.75) is 25.7 Å². The molecule has 1 aromatic heterocycles. The fraction of sp³-hybridized carbons (Fsp3) is 0.444. The van der Waals surface area contributed by atoms with Gasteiger partial charge in [-0.25, -0.2) is 9.97 Å². The van der Waals surface area contributed by atoms with Gasteiger partial charge in [0.1, 0.15) is 6.33 Å². The van der Waals surface area contributed by atoms with Gasteiger partial charge in [0.15, 0.2) is 0 Å². The predicted molar refractivity (Wildman–Crippen MR) is 58.0 cm³/mol. The average Bonchev–Trinajstić information content (AvgIpc) is 2.17. The van der Waals surface area contributed by atoms with Gasteiger partial charge in [-0.2, -0.15) is 5.26 Å². The molecule has 0 aromatic carbocycles. The lowest BCUT2D eigenvalue weighted by Crippen LogP contribution is -2.21. The Hall–Kier alpha value is -0.700. The van der Waals surface area contributed by atoms with Crippen LogP contribution in [0.3, 0.4) is 0 Å². The maximum absolute atomic E-state index is 9.05. The number of hydrogen-bond donors (Lipinski definition) is 0. The highest BCUT2D eigenvalue weighted by Gasteiger charge is 2.27. The van der Waals surface area contributed by atoms with Crippen LogP contribution in [-0.2, 0) is 5.41 Å². The van der Waals surface area contributed by atoms with E-state index in [4.69, 9.17) is 5.26 Å². The largest absolute Gasteiger partial charge is 0.244 e. The van der Waals surface area contributed by atoms with E-state index in [1.165, 1.54) is 6.33 Å². The van der Waals surface area contributed by atoms with Gasteiger partial charge in [-0.05, 0) is 35.9 Å². The second-order valence-corrected chi connectivity index (χ2v) is 4.18. The maximum atomic E-state index is 9.05. The van der Waals surface area contributed by atoms with Crippen molar-refractivity contribution < 1.29 is 0 Å². The maximum Gasteiger partial charge on any atom is 0.115 e. The first kappa shape index (κ1) is 10.4. The number of aromatic nitrogens is 2. The molecule has 0 spiro atoms. The third kappa shape index (κ3) is 1.97. The minimum Gasteiger partial charge on any atom is -0.244 e. The number of nitrogens with zero attached hydrogens (tertiary/aromatic N) is 3. The fourth-order valence-corrected chi connectivity index (χ4v) is 1.91. The molecule has 68 valence electrons. The molecule has 0 N–H and O–H groups in total. The Labute approximate surface area is 91.3 Å². The van der Waals surface area contributed by atoms with E-state index in [0.717, 1.165) is 15.7 Å². The second-order valence-electron chi connectivity index (χ2n) is 3.02. The molecule has 1 unspecified atom stereocenters. The monoisotopic (exact) mass is 287 g/mol. The third-order valence-corrected chi connectivity index (χ3v) is 2.93. The van der Waals surface area contributed by atoms with Crippen molar-refractivity contribution in [3.8, 4) is 6.07 Å². The molecule has 13 heavy (non-hydrogen) atoms. The van der Waals surface area contributed by atoms with Gasteiger partial charge in [0.2, 0.25) is 0 Å². The molecule has 4 heteroatoms. The summed E-state index contributed by atoms with van der Waals surface area (Å²) in [6, 6.07) is 2.29. The summed E-state index contributed by atoms with van der Waals surface area (Å²) in [6.45, 7) is 3.89. The number of rotatable bonds is 2. The van der Waals surface area contributed by atoms with E-state index < -0.39 is 5.41 Å². The number of nitriles is 1. The number of halogens is 1. The first-order valence-electron chi connectivity index (χ1n) is 4.01. The zero-order chi connectivity index (χ0) is 9.90. The Balaban J connectivity index is 3.22. The molecular weight excluding hydrogens is 277 g/mol. The van der Waals surface area contributed by atoms with Crippen LogP contribution in [0.1, 0.15) is 26.0 Å². The summed E-state index contributed by atoms with van der Waals surface area (Å²) < 4.78 is 0.950. The van der Waals surface area contributed by atoms with Crippen LogP contribution in [0.25, 0.3) is 0 Å². The normalized spacial score (nSPS) is 14.6. The molecule has 0 bridgehead atoms. The Kier molecular flexibility index (Phi) is 3.20. The fourth-order valence-electron chi connectivity index (χ4n) is 1.02. The Morgan fingerprint density at radius 1 is 1.69 bits per heavy atom. The van der Waals surface area contributed by atoms with Crippen LogP contribution in [0.15, 0.2) is 12.5 Å². The van der Waals surface area contributed by atoms with Crippen molar-refractivity contribution in [1.82, 2.24) is 9.97 Å². The zero-order valence-electron chi connectivity index (χ0n) is 7.58. The first-order valence-corrected chi connectivity index (χ1v) is 5.09. The van der Waals surface area contributed by atoms with E-state index in [-0.39, 0.29) is 0 Å². The summed E-state index contributed by atoms with van der Waals surface area (Å²) in [4.78, 5) is 8.05. The highest BCUT2D eigenvalue weighted by Crippen LogP contribution is 2.27. The third-order valence-electron chi connectivity index (χ3n) is 2.14. The standard InChI is InChI=1S/C9H10IN3/c1-3-9(2,5-11)8-7(10)4-12-6-13-8/h4,6H,3H2,1-2H3. The summed E-state index contributed by atoms with van der Waals surface area (Å²) in [5.74, 6) is 0. The van der Waals surface area contributed by atoms with Gasteiger partial charge in [-0.3, -0.25) is 0 Å². The van der Waals surface area contributed by atoms with Gasteiger partial charge in [-0.1, -0.05) is 6.92 Å². The van der Waals surface area contributed by atoms with E-state index in [2.05, 4.69) is 38.6 Å². The highest BCUT2D eigenvalue weighted by molar-refractivity contribution is 14.1. The van der Waals surface area contributed by atoms with E-state index in [1.54, 1.807) is 6.20 Å². The molecule has 0 saturated carbocycles. The molecule has 0 aliphatic rings. The quantitative estimate of drug-likeness (QED) is 0.784. The SMILES string of the molecule is CCC(C)(C#N)c1ncncc1I. The zero-order valence-corrected chi connectivity index (χ0v) is 9.74. The second kappa shape index (κ2) is 4.01. The number of hydrogen-bond acceptors (Lipinski definition) is 3. The van der Waals surface area contributed by atoms with Crippen molar-refractivity contribution in [1.29, 1.82) is 5.26 Å². The molecule has 0 aliphatic heterocycles. The molecule has 0 fully saturated rings. The molecule has 0 radical (unpaired) electrons. The van der Waals surface area contributed by atoms with Gasteiger partial charge in [0.05, 0.1) is 20.7 Å². The first-order chi connectivity index (χ1) is 6.14. The summed E-state index contributed by atoms with van der Waals surface area (Å²) in [6.07, 6.45) is 3.98. The summed E-state index contributed by atoms with van der Waals surface area (Å²) in [5, 5.41) is 9.05. The van der Waals surface area contributed by atoms with Crippen LogP contribution in [-0.4, -0.2) is 9.97 Å². The lowest BCUT2D eigenvalue weighted by atomic mass is 9.86. The molecule has 1 heterocycles. The van der Waals surface area contributed by atoms with Crippen LogP contribution >= 0.6 is 22.6 Å². The molecule has 1 aromatic rings. The summed E-state index contributed by atoms with van der Waals surface area (Å²) >= 11 is 2.16. The highest BCUT2D eigenvalue weighted by atomic mass is 127. The van der Waals surface area contributed by atoms with Gasteiger partial charge in [0, 0.05) is 6.20 Å². The van der Waals surface area contributed by atoms with E-state index in [0.29, 0.717) is 0 Å². The molecule has 0 amide bonds. The van der Waals surface area contributed by atoms with Crippen molar-refractivity contribution >= 4 is 22.6 Å². The molecule has 0 aliphatic carbocycles. The lowest BCUT2D eigenvalue weighted by molar-refractivity contribution is 0.562. The van der Waals surface area contributed by atoms with Gasteiger partial charge in [0.25, 0.3) is 0 Å². The minimum absolute atomic E-state index is 0.487. The Morgan fingerprint density at radius 2 is 2.38 bits per heavy atom.